The number of nitrogens with one attached hydrogen (secondary N) is 1. The molecular weight excluding hydrogens is 566 g/mol. The third-order valence-corrected chi connectivity index (χ3v) is 8.22. The predicted molar refractivity (Wildman–Crippen MR) is 145 cm³/mol. The van der Waals surface area contributed by atoms with E-state index in [1.54, 1.807) is 25.1 Å². The Bertz CT molecular complexity index is 1330. The summed E-state index contributed by atoms with van der Waals surface area (Å²) in [6, 6.07) is 19.2. The number of carbonyl (C=O) groups excluding carboxylic acids is 2. The fourth-order valence-electron chi connectivity index (χ4n) is 3.62. The van der Waals surface area contributed by atoms with Crippen molar-refractivity contribution in [2.24, 2.45) is 0 Å². The van der Waals surface area contributed by atoms with Crippen molar-refractivity contribution in [2.45, 2.75) is 31.3 Å². The van der Waals surface area contributed by atoms with Gasteiger partial charge in [-0.25, -0.2) is 8.42 Å². The molecule has 2 amide bonds. The first-order valence-electron chi connectivity index (χ1n) is 11.1. The van der Waals surface area contributed by atoms with Gasteiger partial charge in [0, 0.05) is 23.1 Å². The second-order valence-electron chi connectivity index (χ2n) is 8.24. The lowest BCUT2D eigenvalue weighted by atomic mass is 10.1. The fourth-order valence-corrected chi connectivity index (χ4v) is 5.42. The second kappa shape index (κ2) is 11.9. The van der Waals surface area contributed by atoms with Gasteiger partial charge in [-0.15, -0.1) is 0 Å². The predicted octanol–water partition coefficient (Wildman–Crippen LogP) is 4.77. The Morgan fingerprint density at radius 2 is 1.67 bits per heavy atom. The van der Waals surface area contributed by atoms with Crippen LogP contribution >= 0.6 is 27.5 Å². The quantitative estimate of drug-likeness (QED) is 0.388. The van der Waals surface area contributed by atoms with Crippen LogP contribution in [0.25, 0.3) is 0 Å². The number of sulfonamides is 1. The van der Waals surface area contributed by atoms with Crippen molar-refractivity contribution in [3.05, 3.63) is 93.4 Å². The lowest BCUT2D eigenvalue weighted by Crippen LogP contribution is -2.50. The maximum Gasteiger partial charge on any atom is 0.264 e. The van der Waals surface area contributed by atoms with Crippen molar-refractivity contribution in [3.8, 4) is 0 Å². The maximum absolute atomic E-state index is 13.7. The highest BCUT2D eigenvalue weighted by atomic mass is 79.9. The molecule has 10 heteroatoms. The zero-order valence-corrected chi connectivity index (χ0v) is 23.3. The van der Waals surface area contributed by atoms with Crippen LogP contribution < -0.4 is 9.62 Å². The van der Waals surface area contributed by atoms with Gasteiger partial charge in [-0.3, -0.25) is 13.9 Å². The lowest BCUT2D eigenvalue weighted by Gasteiger charge is -2.32. The van der Waals surface area contributed by atoms with Gasteiger partial charge in [-0.2, -0.15) is 0 Å². The van der Waals surface area contributed by atoms with Gasteiger partial charge >= 0.3 is 0 Å². The van der Waals surface area contributed by atoms with E-state index in [1.807, 2.05) is 37.3 Å². The summed E-state index contributed by atoms with van der Waals surface area (Å²) in [5.74, 6) is -0.879. The molecule has 3 aromatic rings. The summed E-state index contributed by atoms with van der Waals surface area (Å²) in [6.07, 6.45) is 0. The summed E-state index contributed by atoms with van der Waals surface area (Å²) in [5.41, 5.74) is 1.97. The smallest absolute Gasteiger partial charge is 0.264 e. The monoisotopic (exact) mass is 591 g/mol. The molecule has 3 rings (SSSR count). The van der Waals surface area contributed by atoms with Gasteiger partial charge in [0.15, 0.2) is 0 Å². The third-order valence-electron chi connectivity index (χ3n) is 5.65. The molecule has 0 aliphatic heterocycles. The van der Waals surface area contributed by atoms with Gasteiger partial charge in [0.25, 0.3) is 10.0 Å². The fraction of sp³-hybridized carbons (Fsp3) is 0.231. The summed E-state index contributed by atoms with van der Waals surface area (Å²) in [7, 11) is -2.63. The van der Waals surface area contributed by atoms with E-state index in [4.69, 9.17) is 11.6 Å². The zero-order valence-electron chi connectivity index (χ0n) is 20.1. The van der Waals surface area contributed by atoms with Crippen LogP contribution in [0.5, 0.6) is 0 Å². The van der Waals surface area contributed by atoms with E-state index in [1.165, 1.54) is 36.2 Å². The number of amides is 2. The number of anilines is 1. The Morgan fingerprint density at radius 1 is 1.03 bits per heavy atom. The summed E-state index contributed by atoms with van der Waals surface area (Å²) in [6.45, 7) is 3.09. The average Bonchev–Trinajstić information content (AvgIpc) is 2.86. The number of likely N-dealkylation sites (N-methyl/N-ethyl adjacent to an activating group) is 1. The normalized spacial score (nSPS) is 12.0. The van der Waals surface area contributed by atoms with Crippen molar-refractivity contribution < 1.29 is 18.0 Å². The third kappa shape index (κ3) is 6.66. The standard InChI is InChI=1S/C26H27BrClN3O4S/c1-18-5-4-6-23(15-18)31(36(34,35)24-13-11-22(28)12-14-24)17-25(32)30(19(2)26(33)29-3)16-20-7-9-21(27)10-8-20/h4-15,19H,16-17H2,1-3H3,(H,29,33)/t19-/m1/s1. The van der Waals surface area contributed by atoms with E-state index in [9.17, 15) is 18.0 Å². The Hall–Kier alpha value is -2.88. The molecule has 0 aromatic heterocycles. The number of halogens is 2. The molecule has 0 saturated carbocycles. The molecule has 0 bridgehead atoms. The van der Waals surface area contributed by atoms with Crippen molar-refractivity contribution in [3.63, 3.8) is 0 Å². The first-order valence-corrected chi connectivity index (χ1v) is 13.7. The minimum atomic E-state index is -4.13. The van der Waals surface area contributed by atoms with E-state index in [2.05, 4.69) is 21.2 Å². The van der Waals surface area contributed by atoms with Crippen molar-refractivity contribution >= 4 is 55.1 Å². The molecule has 0 aliphatic rings. The van der Waals surface area contributed by atoms with Crippen LogP contribution in [0.3, 0.4) is 0 Å². The highest BCUT2D eigenvalue weighted by Gasteiger charge is 2.32. The Balaban J connectivity index is 2.02. The highest BCUT2D eigenvalue weighted by Crippen LogP contribution is 2.26. The molecule has 0 unspecified atom stereocenters. The summed E-state index contributed by atoms with van der Waals surface area (Å²) < 4.78 is 29.3. The molecule has 0 aliphatic carbocycles. The van der Waals surface area contributed by atoms with E-state index in [0.29, 0.717) is 10.7 Å². The van der Waals surface area contributed by atoms with E-state index < -0.39 is 28.5 Å². The van der Waals surface area contributed by atoms with E-state index in [0.717, 1.165) is 19.9 Å². The molecule has 190 valence electrons. The van der Waals surface area contributed by atoms with Gasteiger partial charge < -0.3 is 10.2 Å². The number of rotatable bonds is 9. The summed E-state index contributed by atoms with van der Waals surface area (Å²) >= 11 is 9.35. The average molecular weight is 593 g/mol. The lowest BCUT2D eigenvalue weighted by molar-refractivity contribution is -0.139. The molecule has 1 N–H and O–H groups in total. The number of carbonyl (C=O) groups is 2. The minimum absolute atomic E-state index is 0.0000143. The Kier molecular flexibility index (Phi) is 9.16. The highest BCUT2D eigenvalue weighted by molar-refractivity contribution is 9.10. The number of benzene rings is 3. The molecule has 1 atom stereocenters. The van der Waals surface area contributed by atoms with E-state index in [-0.39, 0.29) is 17.3 Å². The molecule has 0 fully saturated rings. The van der Waals surface area contributed by atoms with Crippen LogP contribution in [0.4, 0.5) is 5.69 Å². The van der Waals surface area contributed by atoms with E-state index >= 15 is 0 Å². The molecule has 3 aromatic carbocycles. The van der Waals surface area contributed by atoms with Gasteiger partial charge in [0.2, 0.25) is 11.8 Å². The molecule has 0 spiro atoms. The molecule has 0 radical (unpaired) electrons. The van der Waals surface area contributed by atoms with Gasteiger partial charge in [-0.05, 0) is 73.5 Å². The number of aryl methyl sites for hydroxylation is 1. The maximum atomic E-state index is 13.7. The number of hydrogen-bond donors (Lipinski definition) is 1. The van der Waals surface area contributed by atoms with Gasteiger partial charge in [0.1, 0.15) is 12.6 Å². The number of hydrogen-bond acceptors (Lipinski definition) is 4. The largest absolute Gasteiger partial charge is 0.357 e. The summed E-state index contributed by atoms with van der Waals surface area (Å²) in [5, 5.41) is 2.96. The van der Waals surface area contributed by atoms with Crippen molar-refractivity contribution in [1.82, 2.24) is 10.2 Å². The first-order chi connectivity index (χ1) is 17.0. The molecule has 0 saturated heterocycles. The zero-order chi connectivity index (χ0) is 26.5. The molecule has 36 heavy (non-hydrogen) atoms. The Labute approximate surface area is 225 Å². The van der Waals surface area contributed by atoms with Crippen LogP contribution in [0, 0.1) is 6.92 Å². The minimum Gasteiger partial charge on any atom is -0.357 e. The van der Waals surface area contributed by atoms with Crippen molar-refractivity contribution in [1.29, 1.82) is 0 Å². The van der Waals surface area contributed by atoms with Crippen LogP contribution in [-0.4, -0.2) is 44.8 Å². The summed E-state index contributed by atoms with van der Waals surface area (Å²) in [4.78, 5) is 27.6. The topological polar surface area (TPSA) is 86.8 Å². The molecule has 0 heterocycles. The van der Waals surface area contributed by atoms with Gasteiger partial charge in [-0.1, -0.05) is 51.8 Å². The van der Waals surface area contributed by atoms with Crippen LogP contribution in [0.2, 0.25) is 5.02 Å². The molecular formula is C26H27BrClN3O4S. The molecule has 7 nitrogen and oxygen atoms in total. The number of nitrogens with zero attached hydrogens (tertiary/aromatic N) is 2. The van der Waals surface area contributed by atoms with Crippen LogP contribution in [0.15, 0.2) is 82.2 Å². The van der Waals surface area contributed by atoms with Crippen molar-refractivity contribution in [2.75, 3.05) is 17.9 Å². The second-order valence-corrected chi connectivity index (χ2v) is 11.5. The van der Waals surface area contributed by atoms with Crippen LogP contribution in [-0.2, 0) is 26.2 Å². The SMILES string of the molecule is CNC(=O)[C@@H](C)N(Cc1ccc(Br)cc1)C(=O)CN(c1cccc(C)c1)S(=O)(=O)c1ccc(Cl)cc1. The van der Waals surface area contributed by atoms with Gasteiger partial charge in [0.05, 0.1) is 10.6 Å². The van der Waals surface area contributed by atoms with Crippen LogP contribution in [0.1, 0.15) is 18.1 Å². The first kappa shape index (κ1) is 27.7. The Morgan fingerprint density at radius 3 is 2.25 bits per heavy atom.